The van der Waals surface area contributed by atoms with Gasteiger partial charge in [-0.3, -0.25) is 9.11 Å². The number of allylic oxidation sites excluding steroid dienone is 5. The minimum Gasteiger partial charge on any atom is -0.345 e. The summed E-state index contributed by atoms with van der Waals surface area (Å²) in [6.45, 7) is 0. The molecule has 0 fully saturated rings. The van der Waals surface area contributed by atoms with Crippen LogP contribution in [0.3, 0.4) is 0 Å². The molecule has 2 N–H and O–H groups in total. The van der Waals surface area contributed by atoms with Gasteiger partial charge in [0.05, 0.1) is 9.79 Å². The molecule has 0 unspecified atom stereocenters. The first-order chi connectivity index (χ1) is 21.7. The number of benzene rings is 4. The second kappa shape index (κ2) is 12.9. The molecule has 1 aliphatic rings. The average Bonchev–Trinajstić information content (AvgIpc) is 3.04. The second-order valence-electron chi connectivity index (χ2n) is 11.0. The van der Waals surface area contributed by atoms with Crippen molar-refractivity contribution in [2.45, 2.75) is 9.79 Å². The fourth-order valence-electron chi connectivity index (χ4n) is 5.13. The average molecular weight is 657 g/mol. The molecule has 0 spiro atoms. The van der Waals surface area contributed by atoms with Crippen LogP contribution in [0.2, 0.25) is 0 Å². The number of hydrogen-bond acceptors (Lipinski definition) is 6. The maximum absolute atomic E-state index is 11.7. The Morgan fingerprint density at radius 2 is 0.957 bits per heavy atom. The van der Waals surface area contributed by atoms with Crippen LogP contribution in [0.15, 0.2) is 137 Å². The molecule has 0 aliphatic heterocycles. The first kappa shape index (κ1) is 32.6. The fourth-order valence-corrected chi connectivity index (χ4v) is 6.17. The minimum atomic E-state index is -4.33. The van der Waals surface area contributed by atoms with Crippen molar-refractivity contribution in [3.63, 3.8) is 0 Å². The molecule has 0 atom stereocenters. The van der Waals surface area contributed by atoms with E-state index in [2.05, 4.69) is 24.3 Å². The minimum absolute atomic E-state index is 0.175. The van der Waals surface area contributed by atoms with E-state index in [1.165, 1.54) is 24.3 Å². The van der Waals surface area contributed by atoms with E-state index in [0.29, 0.717) is 11.4 Å². The first-order valence-electron chi connectivity index (χ1n) is 14.2. The standard InChI is InChI=1S/C35H33N3O6S2/c1-36(2)28-17-11-25(12-18-28)35(26-13-19-29(20-14-26)37(3)31-7-5-9-33(23-31)45(39,40)41)27-15-21-30(22-16-27)38(4)32-8-6-10-34(24-32)46(42,43)44/h5-24H,1-4H3,(H-,39,40,41,42,43,44)/p+1. The zero-order valence-electron chi connectivity index (χ0n) is 25.7. The molecule has 11 heteroatoms. The number of hydrogen-bond donors (Lipinski definition) is 2. The third-order valence-electron chi connectivity index (χ3n) is 7.76. The monoisotopic (exact) mass is 656 g/mol. The Hall–Kier alpha value is -4.81. The Kier molecular flexibility index (Phi) is 9.13. The van der Waals surface area contributed by atoms with Gasteiger partial charge in [0.1, 0.15) is 14.1 Å². The fraction of sp³-hybridized carbons (Fsp3) is 0.114. The van der Waals surface area contributed by atoms with Crippen molar-refractivity contribution in [2.24, 2.45) is 0 Å². The van der Waals surface area contributed by atoms with Gasteiger partial charge in [-0.2, -0.15) is 16.8 Å². The SMILES string of the molecule is CN(c1ccc(C(=C2C=CC(=[N+](C)C)C=C2)c2ccc(N(C)c3cccc(S(=O)(=O)O)c3)cc2)cc1)c1cccc(S(=O)(=O)O)c1. The van der Waals surface area contributed by atoms with Crippen molar-refractivity contribution < 1.29 is 30.5 Å². The lowest BCUT2D eigenvalue weighted by molar-refractivity contribution is -0.462. The zero-order valence-corrected chi connectivity index (χ0v) is 27.4. The van der Waals surface area contributed by atoms with Crippen molar-refractivity contribution in [1.82, 2.24) is 0 Å². The Balaban J connectivity index is 1.51. The molecule has 4 aromatic rings. The van der Waals surface area contributed by atoms with Gasteiger partial charge >= 0.3 is 0 Å². The quantitative estimate of drug-likeness (QED) is 0.166. The molecule has 1 aliphatic carbocycles. The van der Waals surface area contributed by atoms with Crippen molar-refractivity contribution in [3.05, 3.63) is 138 Å². The third-order valence-corrected chi connectivity index (χ3v) is 9.46. The molecule has 0 saturated heterocycles. The summed E-state index contributed by atoms with van der Waals surface area (Å²) in [7, 11) is -1.04. The second-order valence-corrected chi connectivity index (χ2v) is 13.8. The summed E-state index contributed by atoms with van der Waals surface area (Å²) in [5, 5.41) is 0. The summed E-state index contributed by atoms with van der Waals surface area (Å²) in [4.78, 5) is 3.33. The van der Waals surface area contributed by atoms with Gasteiger partial charge in [-0.25, -0.2) is 4.58 Å². The topological polar surface area (TPSA) is 118 Å². The van der Waals surface area contributed by atoms with Gasteiger partial charge in [0.2, 0.25) is 0 Å². The van der Waals surface area contributed by atoms with Crippen LogP contribution in [0.25, 0.3) is 5.57 Å². The lowest BCUT2D eigenvalue weighted by Gasteiger charge is -2.22. The van der Waals surface area contributed by atoms with Crippen molar-refractivity contribution >= 4 is 54.3 Å². The molecule has 0 saturated carbocycles. The predicted octanol–water partition coefficient (Wildman–Crippen LogP) is 6.36. The van der Waals surface area contributed by atoms with Crippen LogP contribution < -0.4 is 9.80 Å². The lowest BCUT2D eigenvalue weighted by atomic mass is 9.90. The van der Waals surface area contributed by atoms with E-state index in [0.717, 1.165) is 39.4 Å². The summed E-state index contributed by atoms with van der Waals surface area (Å²) in [5.74, 6) is 0. The molecule has 0 bridgehead atoms. The normalized spacial score (nSPS) is 13.1. The van der Waals surface area contributed by atoms with Gasteiger partial charge < -0.3 is 9.80 Å². The molecule has 9 nitrogen and oxygen atoms in total. The molecular formula is C35H34N3O6S2+. The Bertz CT molecular complexity index is 1980. The van der Waals surface area contributed by atoms with Crippen LogP contribution in [0.4, 0.5) is 22.7 Å². The highest BCUT2D eigenvalue weighted by molar-refractivity contribution is 7.86. The maximum Gasteiger partial charge on any atom is 0.294 e. The smallest absolute Gasteiger partial charge is 0.294 e. The molecule has 0 amide bonds. The van der Waals surface area contributed by atoms with Crippen LogP contribution in [0.5, 0.6) is 0 Å². The first-order valence-corrected chi connectivity index (χ1v) is 17.1. The van der Waals surface area contributed by atoms with E-state index in [4.69, 9.17) is 0 Å². The van der Waals surface area contributed by atoms with Crippen molar-refractivity contribution in [1.29, 1.82) is 0 Å². The van der Waals surface area contributed by atoms with Gasteiger partial charge in [0.25, 0.3) is 20.2 Å². The summed E-state index contributed by atoms with van der Waals surface area (Å²) in [6.07, 6.45) is 8.27. The summed E-state index contributed by atoms with van der Waals surface area (Å²) in [5.41, 5.74) is 7.85. The molecule has 236 valence electrons. The summed E-state index contributed by atoms with van der Waals surface area (Å²) < 4.78 is 67.7. The predicted molar refractivity (Wildman–Crippen MR) is 183 cm³/mol. The molecule has 4 aromatic carbocycles. The number of nitrogens with zero attached hydrogens (tertiary/aromatic N) is 3. The van der Waals surface area contributed by atoms with Gasteiger partial charge in [0.15, 0.2) is 5.71 Å². The summed E-state index contributed by atoms with van der Waals surface area (Å²) in [6, 6.07) is 28.1. The van der Waals surface area contributed by atoms with E-state index in [-0.39, 0.29) is 9.79 Å². The lowest BCUT2D eigenvalue weighted by Crippen LogP contribution is -2.11. The van der Waals surface area contributed by atoms with Crippen molar-refractivity contribution in [2.75, 3.05) is 38.0 Å². The van der Waals surface area contributed by atoms with Gasteiger partial charge in [-0.1, -0.05) is 36.4 Å². The molecule has 0 radical (unpaired) electrons. The van der Waals surface area contributed by atoms with E-state index in [9.17, 15) is 25.9 Å². The van der Waals surface area contributed by atoms with Crippen LogP contribution in [0.1, 0.15) is 11.1 Å². The Labute approximate surface area is 269 Å². The zero-order chi connectivity index (χ0) is 33.2. The highest BCUT2D eigenvalue weighted by atomic mass is 32.2. The van der Waals surface area contributed by atoms with E-state index < -0.39 is 20.2 Å². The highest BCUT2D eigenvalue weighted by Gasteiger charge is 2.17. The molecule has 0 heterocycles. The molecule has 0 aromatic heterocycles. The van der Waals surface area contributed by atoms with Crippen LogP contribution in [-0.4, -0.2) is 64.4 Å². The van der Waals surface area contributed by atoms with E-state index in [1.54, 1.807) is 24.3 Å². The van der Waals surface area contributed by atoms with E-state index in [1.807, 2.05) is 91.1 Å². The van der Waals surface area contributed by atoms with Crippen molar-refractivity contribution in [3.8, 4) is 0 Å². The van der Waals surface area contributed by atoms with Crippen LogP contribution >= 0.6 is 0 Å². The highest BCUT2D eigenvalue weighted by Crippen LogP contribution is 2.34. The van der Waals surface area contributed by atoms with Gasteiger partial charge in [-0.05, 0) is 95.1 Å². The Morgan fingerprint density at radius 1 is 0.565 bits per heavy atom. The van der Waals surface area contributed by atoms with Gasteiger partial charge in [-0.15, -0.1) is 0 Å². The number of anilines is 4. The largest absolute Gasteiger partial charge is 0.345 e. The molecular weight excluding hydrogens is 623 g/mol. The maximum atomic E-state index is 11.7. The van der Waals surface area contributed by atoms with Crippen LogP contribution in [0, 0.1) is 0 Å². The molecule has 46 heavy (non-hydrogen) atoms. The Morgan fingerprint density at radius 3 is 1.30 bits per heavy atom. The number of rotatable bonds is 8. The summed E-state index contributed by atoms with van der Waals surface area (Å²) >= 11 is 0. The third kappa shape index (κ3) is 7.19. The molecule has 5 rings (SSSR count). The van der Waals surface area contributed by atoms with Gasteiger partial charge in [0, 0.05) is 49.0 Å². The van der Waals surface area contributed by atoms with Crippen LogP contribution in [-0.2, 0) is 20.2 Å². The van der Waals surface area contributed by atoms with E-state index >= 15 is 0 Å².